The van der Waals surface area contributed by atoms with E-state index in [1.54, 1.807) is 9.80 Å². The molecule has 1 saturated heterocycles. The molecule has 6 nitrogen and oxygen atoms in total. The highest BCUT2D eigenvalue weighted by Crippen LogP contribution is 2.13. The summed E-state index contributed by atoms with van der Waals surface area (Å²) >= 11 is 0. The molecule has 3 rings (SSSR count). The van der Waals surface area contributed by atoms with E-state index < -0.39 is 0 Å². The molecule has 0 saturated carbocycles. The average molecular weight is 330 g/mol. The molecule has 0 bridgehead atoms. The summed E-state index contributed by atoms with van der Waals surface area (Å²) in [5.74, 6) is 1.07. The molecule has 1 aromatic heterocycles. The van der Waals surface area contributed by atoms with E-state index in [4.69, 9.17) is 0 Å². The fraction of sp³-hybridized carbons (Fsp3) is 0.611. The van der Waals surface area contributed by atoms with Crippen LogP contribution in [0.1, 0.15) is 37.2 Å². The Balaban J connectivity index is 1.70. The van der Waals surface area contributed by atoms with Gasteiger partial charge >= 0.3 is 0 Å². The van der Waals surface area contributed by atoms with Gasteiger partial charge in [0.25, 0.3) is 0 Å². The first kappa shape index (κ1) is 17.0. The van der Waals surface area contributed by atoms with Crippen molar-refractivity contribution in [3.8, 4) is 0 Å². The van der Waals surface area contributed by atoms with E-state index in [9.17, 15) is 0 Å². The zero-order chi connectivity index (χ0) is 16.8. The molecule has 2 N–H and O–H groups in total. The van der Waals surface area contributed by atoms with E-state index >= 15 is 0 Å². The van der Waals surface area contributed by atoms with Crippen molar-refractivity contribution in [2.45, 2.75) is 38.8 Å². The van der Waals surface area contributed by atoms with Crippen molar-refractivity contribution in [3.63, 3.8) is 0 Å². The van der Waals surface area contributed by atoms with Crippen LogP contribution in [0.4, 0.5) is 0 Å². The van der Waals surface area contributed by atoms with Crippen LogP contribution in [0.5, 0.6) is 0 Å². The molecule has 6 heteroatoms. The molecule has 0 unspecified atom stereocenters. The van der Waals surface area contributed by atoms with Crippen LogP contribution in [-0.4, -0.2) is 53.4 Å². The van der Waals surface area contributed by atoms with Crippen molar-refractivity contribution in [1.29, 1.82) is 0 Å². The zero-order valence-electron chi connectivity index (χ0n) is 14.9. The first-order valence-electron chi connectivity index (χ1n) is 9.23. The minimum atomic E-state index is 0.425. The average Bonchev–Trinajstić information content (AvgIpc) is 3.08. The molecular formula is C18H30N6+2. The van der Waals surface area contributed by atoms with E-state index in [1.807, 2.05) is 4.68 Å². The summed E-state index contributed by atoms with van der Waals surface area (Å²) < 4.78 is 2.03. The van der Waals surface area contributed by atoms with Gasteiger partial charge in [-0.05, 0) is 22.4 Å². The Bertz CT molecular complexity index is 603. The molecule has 0 radical (unpaired) electrons. The third-order valence-corrected chi connectivity index (χ3v) is 5.14. The number of nitrogens with one attached hydrogen (secondary N) is 2. The Hall–Kier alpha value is -1.79. The van der Waals surface area contributed by atoms with Gasteiger partial charge in [0.05, 0.1) is 7.05 Å². The van der Waals surface area contributed by atoms with Crippen molar-refractivity contribution in [1.82, 2.24) is 20.2 Å². The van der Waals surface area contributed by atoms with Gasteiger partial charge in [-0.2, -0.15) is 0 Å². The molecule has 2 heterocycles. The predicted molar refractivity (Wildman–Crippen MR) is 92.9 cm³/mol. The number of hydrogen-bond donors (Lipinski definition) is 2. The SMILES string of the molecule is CCC[C@@H](c1nnnn1CCc1ccccc1)[NH+]1CC[NH+](C)CC1. The van der Waals surface area contributed by atoms with E-state index in [0.717, 1.165) is 25.2 Å². The van der Waals surface area contributed by atoms with Crippen LogP contribution in [-0.2, 0) is 13.0 Å². The van der Waals surface area contributed by atoms with Crippen LogP contribution in [0.3, 0.4) is 0 Å². The maximum atomic E-state index is 4.42. The van der Waals surface area contributed by atoms with Crippen molar-refractivity contribution in [2.24, 2.45) is 0 Å². The van der Waals surface area contributed by atoms with Crippen LogP contribution in [0.2, 0.25) is 0 Å². The smallest absolute Gasteiger partial charge is 0.209 e. The van der Waals surface area contributed by atoms with Crippen LogP contribution in [0, 0.1) is 0 Å². The van der Waals surface area contributed by atoms with Crippen LogP contribution >= 0.6 is 0 Å². The molecular weight excluding hydrogens is 300 g/mol. The zero-order valence-corrected chi connectivity index (χ0v) is 14.9. The highest BCUT2D eigenvalue weighted by Gasteiger charge is 2.32. The second kappa shape index (κ2) is 8.35. The van der Waals surface area contributed by atoms with Crippen molar-refractivity contribution in [3.05, 3.63) is 41.7 Å². The van der Waals surface area contributed by atoms with Gasteiger partial charge in [-0.25, -0.2) is 4.68 Å². The Labute approximate surface area is 144 Å². The van der Waals surface area contributed by atoms with Gasteiger partial charge in [-0.3, -0.25) is 0 Å². The van der Waals surface area contributed by atoms with E-state index in [0.29, 0.717) is 6.04 Å². The second-order valence-corrected chi connectivity index (χ2v) is 6.95. The van der Waals surface area contributed by atoms with E-state index in [1.165, 1.54) is 38.2 Å². The topological polar surface area (TPSA) is 52.5 Å². The number of quaternary nitrogens is 2. The molecule has 0 spiro atoms. The molecule has 1 aromatic carbocycles. The molecule has 2 aromatic rings. The standard InChI is InChI=1S/C18H28N6/c1-3-7-17(23-14-12-22(2)13-15-23)18-19-20-21-24(18)11-10-16-8-5-4-6-9-16/h4-6,8-9,17H,3,7,10-15H2,1-2H3/p+2/t17-/m0/s1. The van der Waals surface area contributed by atoms with Crippen LogP contribution in [0.25, 0.3) is 0 Å². The van der Waals surface area contributed by atoms with E-state index in [-0.39, 0.29) is 0 Å². The van der Waals surface area contributed by atoms with E-state index in [2.05, 4.69) is 59.8 Å². The molecule has 0 aliphatic carbocycles. The monoisotopic (exact) mass is 330 g/mol. The molecule has 130 valence electrons. The Morgan fingerprint density at radius 3 is 2.58 bits per heavy atom. The number of aromatic nitrogens is 4. The number of likely N-dealkylation sites (N-methyl/N-ethyl adjacent to an activating group) is 1. The van der Waals surface area contributed by atoms with Gasteiger partial charge in [0.1, 0.15) is 32.2 Å². The van der Waals surface area contributed by atoms with Crippen molar-refractivity contribution < 1.29 is 9.80 Å². The third-order valence-electron chi connectivity index (χ3n) is 5.14. The predicted octanol–water partition coefficient (Wildman–Crippen LogP) is -0.830. The number of piperazine rings is 1. The molecule has 1 aliphatic heterocycles. The summed E-state index contributed by atoms with van der Waals surface area (Å²) in [6, 6.07) is 11.0. The lowest BCUT2D eigenvalue weighted by molar-refractivity contribution is -1.02. The molecule has 1 aliphatic rings. The van der Waals surface area contributed by atoms with Gasteiger partial charge in [-0.15, -0.1) is 5.10 Å². The number of nitrogens with zero attached hydrogens (tertiary/aromatic N) is 4. The molecule has 24 heavy (non-hydrogen) atoms. The fourth-order valence-corrected chi connectivity index (χ4v) is 3.65. The summed E-state index contributed by atoms with van der Waals surface area (Å²) in [6.45, 7) is 8.00. The summed E-state index contributed by atoms with van der Waals surface area (Å²) in [4.78, 5) is 3.29. The maximum absolute atomic E-state index is 4.42. The lowest BCUT2D eigenvalue weighted by Gasteiger charge is -2.32. The minimum absolute atomic E-state index is 0.425. The quantitative estimate of drug-likeness (QED) is 0.697. The minimum Gasteiger partial charge on any atom is -0.328 e. The highest BCUT2D eigenvalue weighted by molar-refractivity contribution is 5.14. The van der Waals surface area contributed by atoms with Crippen molar-refractivity contribution in [2.75, 3.05) is 33.2 Å². The van der Waals surface area contributed by atoms with Gasteiger partial charge in [0.15, 0.2) is 0 Å². The van der Waals surface area contributed by atoms with Gasteiger partial charge in [-0.1, -0.05) is 43.7 Å². The van der Waals surface area contributed by atoms with Gasteiger partial charge in [0, 0.05) is 13.0 Å². The lowest BCUT2D eigenvalue weighted by atomic mass is 10.1. The lowest BCUT2D eigenvalue weighted by Crippen LogP contribution is -3.27. The third kappa shape index (κ3) is 4.19. The first-order chi connectivity index (χ1) is 11.8. The first-order valence-corrected chi connectivity index (χ1v) is 9.23. The van der Waals surface area contributed by atoms with Gasteiger partial charge < -0.3 is 9.80 Å². The van der Waals surface area contributed by atoms with Crippen LogP contribution in [0.15, 0.2) is 30.3 Å². The Morgan fingerprint density at radius 2 is 1.88 bits per heavy atom. The summed E-state index contributed by atoms with van der Waals surface area (Å²) in [6.07, 6.45) is 3.29. The largest absolute Gasteiger partial charge is 0.328 e. The molecule has 1 fully saturated rings. The Morgan fingerprint density at radius 1 is 1.12 bits per heavy atom. The summed E-state index contributed by atoms with van der Waals surface area (Å²) in [7, 11) is 2.29. The summed E-state index contributed by atoms with van der Waals surface area (Å²) in [5, 5.41) is 12.7. The number of hydrogen-bond acceptors (Lipinski definition) is 3. The number of tetrazole rings is 1. The highest BCUT2D eigenvalue weighted by atomic mass is 15.5. The number of benzene rings is 1. The van der Waals surface area contributed by atoms with Crippen LogP contribution < -0.4 is 9.80 Å². The van der Waals surface area contributed by atoms with Gasteiger partial charge in [0.2, 0.25) is 5.82 Å². The fourth-order valence-electron chi connectivity index (χ4n) is 3.65. The van der Waals surface area contributed by atoms with Crippen molar-refractivity contribution >= 4 is 0 Å². The maximum Gasteiger partial charge on any atom is 0.209 e. The summed E-state index contributed by atoms with van der Waals surface area (Å²) in [5.41, 5.74) is 1.33. The second-order valence-electron chi connectivity index (χ2n) is 6.95. The number of rotatable bonds is 7. The normalized spacial score (nSPS) is 22.4. The number of aryl methyl sites for hydroxylation is 2. The molecule has 1 atom stereocenters. The molecule has 0 amide bonds. The Kier molecular flexibility index (Phi) is 5.93.